The molecule has 0 saturated carbocycles. The van der Waals surface area contributed by atoms with Crippen LogP contribution < -0.4 is 4.72 Å². The second-order valence-electron chi connectivity index (χ2n) is 5.40. The molecular formula is C13H19N3OS2. The molecule has 0 aliphatic heterocycles. The van der Waals surface area contributed by atoms with E-state index in [1.54, 1.807) is 17.5 Å². The van der Waals surface area contributed by atoms with Crippen LogP contribution in [-0.2, 0) is 11.4 Å². The molecule has 0 radical (unpaired) electrons. The summed E-state index contributed by atoms with van der Waals surface area (Å²) in [6, 6.07) is 2.15. The van der Waals surface area contributed by atoms with Crippen molar-refractivity contribution in [3.63, 3.8) is 0 Å². The summed E-state index contributed by atoms with van der Waals surface area (Å²) in [6.07, 6.45) is 3.55. The van der Waals surface area contributed by atoms with Crippen molar-refractivity contribution in [2.45, 2.75) is 38.5 Å². The lowest BCUT2D eigenvalue weighted by Gasteiger charge is -2.26. The molecule has 4 nitrogen and oxygen atoms in total. The van der Waals surface area contributed by atoms with E-state index >= 15 is 0 Å². The van der Waals surface area contributed by atoms with Gasteiger partial charge in [-0.15, -0.1) is 16.1 Å². The van der Waals surface area contributed by atoms with Crippen LogP contribution in [0.5, 0.6) is 0 Å². The average Bonchev–Trinajstić information content (AvgIpc) is 2.98. The lowest BCUT2D eigenvalue weighted by atomic mass is 10.2. The molecule has 0 aromatic carbocycles. The zero-order valence-electron chi connectivity index (χ0n) is 11.6. The Labute approximate surface area is 121 Å². The number of aromatic amines is 1. The zero-order chi connectivity index (χ0) is 14.0. The highest BCUT2D eigenvalue weighted by Crippen LogP contribution is 2.28. The van der Waals surface area contributed by atoms with Gasteiger partial charge in [0.15, 0.2) is 0 Å². The molecule has 2 atom stereocenters. The van der Waals surface area contributed by atoms with Crippen molar-refractivity contribution in [1.82, 2.24) is 14.7 Å². The number of thiophene rings is 1. The molecule has 2 heterocycles. The number of H-pyrrole nitrogens is 1. The number of hydrogen-bond acceptors (Lipinski definition) is 4. The van der Waals surface area contributed by atoms with Crippen molar-refractivity contribution in [2.24, 2.45) is 0 Å². The Balaban J connectivity index is 2.06. The molecule has 2 rings (SSSR count). The fourth-order valence-corrected chi connectivity index (χ4v) is 3.30. The maximum atomic E-state index is 12.1. The second-order valence-corrected chi connectivity index (χ2v) is 8.34. The number of nitrogens with zero attached hydrogens (tertiary/aromatic N) is 1. The Morgan fingerprint density at radius 3 is 2.79 bits per heavy atom. The predicted molar refractivity (Wildman–Crippen MR) is 81.3 cm³/mol. The van der Waals surface area contributed by atoms with Crippen LogP contribution >= 0.6 is 11.3 Å². The largest absolute Gasteiger partial charge is 0.598 e. The summed E-state index contributed by atoms with van der Waals surface area (Å²) in [4.78, 5) is 8.47. The van der Waals surface area contributed by atoms with E-state index in [1.165, 1.54) is 0 Å². The number of nitrogens with one attached hydrogen (secondary N) is 2. The van der Waals surface area contributed by atoms with Crippen LogP contribution in [0.4, 0.5) is 0 Å². The van der Waals surface area contributed by atoms with Gasteiger partial charge >= 0.3 is 0 Å². The summed E-state index contributed by atoms with van der Waals surface area (Å²) in [7, 11) is 0. The number of aromatic nitrogens is 2. The van der Waals surface area contributed by atoms with Gasteiger partial charge in [0.05, 0.1) is 6.04 Å². The van der Waals surface area contributed by atoms with E-state index in [0.29, 0.717) is 0 Å². The Morgan fingerprint density at radius 2 is 2.21 bits per heavy atom. The Kier molecular flexibility index (Phi) is 4.35. The average molecular weight is 297 g/mol. The van der Waals surface area contributed by atoms with Crippen molar-refractivity contribution >= 4 is 22.7 Å². The smallest absolute Gasteiger partial charge is 0.138 e. The monoisotopic (exact) mass is 297 g/mol. The molecule has 6 heteroatoms. The molecule has 2 N–H and O–H groups in total. The van der Waals surface area contributed by atoms with Gasteiger partial charge in [0.1, 0.15) is 10.6 Å². The first-order valence-electron chi connectivity index (χ1n) is 6.14. The molecule has 0 saturated heterocycles. The third-order valence-electron chi connectivity index (χ3n) is 2.66. The van der Waals surface area contributed by atoms with Gasteiger partial charge in [-0.1, -0.05) is 0 Å². The van der Waals surface area contributed by atoms with Crippen molar-refractivity contribution in [2.75, 3.05) is 0 Å². The number of rotatable bonds is 4. The molecular weight excluding hydrogens is 278 g/mol. The van der Waals surface area contributed by atoms with Crippen LogP contribution in [0.2, 0.25) is 0 Å². The maximum Gasteiger partial charge on any atom is 0.138 e. The highest BCUT2D eigenvalue weighted by molar-refractivity contribution is 7.90. The summed E-state index contributed by atoms with van der Waals surface area (Å²) in [5.74, 6) is 0.867. The minimum Gasteiger partial charge on any atom is -0.598 e. The van der Waals surface area contributed by atoms with Crippen LogP contribution in [0.15, 0.2) is 23.8 Å². The summed E-state index contributed by atoms with van der Waals surface area (Å²) < 4.78 is 15.0. The molecule has 0 unspecified atom stereocenters. The zero-order valence-corrected chi connectivity index (χ0v) is 13.2. The van der Waals surface area contributed by atoms with Gasteiger partial charge in [0.2, 0.25) is 0 Å². The molecule has 0 bridgehead atoms. The van der Waals surface area contributed by atoms with E-state index in [-0.39, 0.29) is 10.8 Å². The van der Waals surface area contributed by atoms with Gasteiger partial charge in [-0.25, -0.2) is 4.98 Å². The van der Waals surface area contributed by atoms with E-state index in [0.717, 1.165) is 16.3 Å². The van der Waals surface area contributed by atoms with Gasteiger partial charge in [0.25, 0.3) is 0 Å². The van der Waals surface area contributed by atoms with Gasteiger partial charge < -0.3 is 9.54 Å². The summed E-state index contributed by atoms with van der Waals surface area (Å²) in [5, 5.41) is 2.06. The third-order valence-corrected chi connectivity index (χ3v) is 5.45. The standard InChI is InChI=1S/C13H19N3OS2/c1-9(16-19(17)13(2,3)4)11-7-10(8-18-11)12-14-5-6-15-12/h5-9,16H,1-4H3,(H,14,15)/t9-,19-/m0/s1. The van der Waals surface area contributed by atoms with E-state index in [4.69, 9.17) is 0 Å². The van der Waals surface area contributed by atoms with Crippen molar-refractivity contribution in [3.05, 3.63) is 28.7 Å². The lowest BCUT2D eigenvalue weighted by molar-refractivity contribution is 0.532. The highest BCUT2D eigenvalue weighted by atomic mass is 32.2. The maximum absolute atomic E-state index is 12.1. The van der Waals surface area contributed by atoms with Crippen LogP contribution in [0, 0.1) is 0 Å². The molecule has 0 fully saturated rings. The molecule has 19 heavy (non-hydrogen) atoms. The van der Waals surface area contributed by atoms with Crippen LogP contribution in [0.1, 0.15) is 38.6 Å². The molecule has 0 spiro atoms. The topological polar surface area (TPSA) is 63.8 Å². The van der Waals surface area contributed by atoms with Crippen molar-refractivity contribution in [3.8, 4) is 11.4 Å². The number of imidazole rings is 1. The third kappa shape index (κ3) is 3.60. The minimum atomic E-state index is -1.06. The first kappa shape index (κ1) is 14.6. The van der Waals surface area contributed by atoms with E-state index in [1.807, 2.05) is 33.9 Å². The molecule has 104 valence electrons. The predicted octanol–water partition coefficient (Wildman–Crippen LogP) is 3.25. The molecule has 0 aliphatic rings. The van der Waals surface area contributed by atoms with Gasteiger partial charge in [-0.05, 0) is 33.8 Å². The Morgan fingerprint density at radius 1 is 1.47 bits per heavy atom. The summed E-state index contributed by atoms with van der Waals surface area (Å²) in [5.41, 5.74) is 1.07. The Bertz CT molecular complexity index is 516. The first-order valence-corrected chi connectivity index (χ1v) is 8.17. The fourth-order valence-electron chi connectivity index (χ4n) is 1.52. The second kappa shape index (κ2) is 5.66. The summed E-state index contributed by atoms with van der Waals surface area (Å²) >= 11 is 0.589. The molecule has 0 aliphatic carbocycles. The summed E-state index contributed by atoms with van der Waals surface area (Å²) in [6.45, 7) is 7.92. The van der Waals surface area contributed by atoms with Crippen molar-refractivity contribution in [1.29, 1.82) is 0 Å². The quantitative estimate of drug-likeness (QED) is 0.851. The van der Waals surface area contributed by atoms with E-state index in [9.17, 15) is 4.55 Å². The normalized spacial score (nSPS) is 15.4. The van der Waals surface area contributed by atoms with E-state index < -0.39 is 11.4 Å². The fraction of sp³-hybridized carbons (Fsp3) is 0.462. The molecule has 2 aromatic heterocycles. The van der Waals surface area contributed by atoms with Crippen LogP contribution in [0.25, 0.3) is 11.4 Å². The van der Waals surface area contributed by atoms with Gasteiger partial charge in [-0.2, -0.15) is 0 Å². The highest BCUT2D eigenvalue weighted by Gasteiger charge is 2.28. The Hall–Kier alpha value is -0.820. The SMILES string of the molecule is C[C@H](N[S@@+]([O-])C(C)(C)C)c1cc(-c2ncc[nH]2)cs1. The van der Waals surface area contributed by atoms with Gasteiger partial charge in [0, 0.05) is 39.6 Å². The number of hydrogen-bond donors (Lipinski definition) is 2. The minimum absolute atomic E-state index is 0.0637. The first-order chi connectivity index (χ1) is 8.88. The lowest BCUT2D eigenvalue weighted by Crippen LogP contribution is -2.40. The van der Waals surface area contributed by atoms with Crippen molar-refractivity contribution < 1.29 is 4.55 Å². The van der Waals surface area contributed by atoms with E-state index in [2.05, 4.69) is 26.1 Å². The van der Waals surface area contributed by atoms with Crippen LogP contribution in [-0.4, -0.2) is 19.3 Å². The van der Waals surface area contributed by atoms with Gasteiger partial charge in [-0.3, -0.25) is 0 Å². The van der Waals surface area contributed by atoms with Crippen LogP contribution in [0.3, 0.4) is 0 Å². The molecule has 0 amide bonds. The molecule has 2 aromatic rings.